The van der Waals surface area contributed by atoms with Crippen molar-refractivity contribution in [2.75, 3.05) is 37.3 Å². The number of rotatable bonds is 7. The molecule has 0 saturated carbocycles. The molecule has 1 aliphatic heterocycles. The number of benzene rings is 1. The zero-order valence-electron chi connectivity index (χ0n) is 13.6. The Balaban J connectivity index is 1.89. The monoisotopic (exact) mass is 291 g/mol. The molecule has 0 aliphatic carbocycles. The second kappa shape index (κ2) is 7.55. The van der Waals surface area contributed by atoms with Gasteiger partial charge in [-0.3, -0.25) is 0 Å². The van der Waals surface area contributed by atoms with E-state index in [4.69, 9.17) is 10.5 Å². The maximum atomic E-state index is 6.19. The normalized spacial score (nSPS) is 19.1. The molecule has 21 heavy (non-hydrogen) atoms. The van der Waals surface area contributed by atoms with E-state index in [1.54, 1.807) is 0 Å². The smallest absolute Gasteiger partial charge is 0.144 e. The summed E-state index contributed by atoms with van der Waals surface area (Å²) in [6.07, 6.45) is 2.25. The van der Waals surface area contributed by atoms with Crippen LogP contribution in [0.4, 0.5) is 11.4 Å². The van der Waals surface area contributed by atoms with Gasteiger partial charge in [0, 0.05) is 19.1 Å². The Labute approximate surface area is 128 Å². The lowest BCUT2D eigenvalue weighted by Crippen LogP contribution is -2.29. The minimum atomic E-state index is 0.644. The first-order valence-corrected chi connectivity index (χ1v) is 8.11. The van der Waals surface area contributed by atoms with E-state index < -0.39 is 0 Å². The maximum absolute atomic E-state index is 6.19. The van der Waals surface area contributed by atoms with Crippen LogP contribution in [-0.2, 0) is 0 Å². The first-order valence-electron chi connectivity index (χ1n) is 8.11. The summed E-state index contributed by atoms with van der Waals surface area (Å²) in [7, 11) is 0. The number of nitrogen functional groups attached to an aromatic ring is 1. The van der Waals surface area contributed by atoms with Crippen LogP contribution in [0.3, 0.4) is 0 Å². The number of hydrogen-bond acceptors (Lipinski definition) is 4. The quantitative estimate of drug-likeness (QED) is 0.758. The minimum absolute atomic E-state index is 0.644. The Hall–Kier alpha value is -1.42. The van der Waals surface area contributed by atoms with E-state index in [0.717, 1.165) is 30.1 Å². The largest absolute Gasteiger partial charge is 0.491 e. The van der Waals surface area contributed by atoms with Crippen LogP contribution in [0.15, 0.2) is 18.2 Å². The molecule has 1 atom stereocenters. The number of ether oxygens (including phenoxy) is 1. The summed E-state index contributed by atoms with van der Waals surface area (Å²) in [5.41, 5.74) is 7.91. The molecule has 1 fully saturated rings. The molecule has 1 saturated heterocycles. The highest BCUT2D eigenvalue weighted by molar-refractivity contribution is 5.72. The number of hydrogen-bond donors (Lipinski definition) is 2. The first-order chi connectivity index (χ1) is 10.1. The first kappa shape index (κ1) is 16.0. The van der Waals surface area contributed by atoms with Crippen LogP contribution in [-0.4, -0.2) is 37.2 Å². The summed E-state index contributed by atoms with van der Waals surface area (Å²) in [6, 6.07) is 6.61. The Kier molecular flexibility index (Phi) is 5.74. The van der Waals surface area contributed by atoms with Crippen molar-refractivity contribution in [1.29, 1.82) is 0 Å². The van der Waals surface area contributed by atoms with Crippen LogP contribution in [0.1, 0.15) is 33.6 Å². The van der Waals surface area contributed by atoms with Crippen molar-refractivity contribution < 1.29 is 4.74 Å². The molecule has 0 spiro atoms. The third kappa shape index (κ3) is 4.27. The van der Waals surface area contributed by atoms with Gasteiger partial charge in [-0.15, -0.1) is 0 Å². The van der Waals surface area contributed by atoms with E-state index >= 15 is 0 Å². The van der Waals surface area contributed by atoms with Crippen molar-refractivity contribution in [3.05, 3.63) is 18.2 Å². The van der Waals surface area contributed by atoms with Crippen molar-refractivity contribution in [3.63, 3.8) is 0 Å². The van der Waals surface area contributed by atoms with Gasteiger partial charge < -0.3 is 20.7 Å². The minimum Gasteiger partial charge on any atom is -0.491 e. The topological polar surface area (TPSA) is 50.5 Å². The third-order valence-electron chi connectivity index (χ3n) is 4.16. The van der Waals surface area contributed by atoms with Crippen LogP contribution in [0.25, 0.3) is 0 Å². The highest BCUT2D eigenvalue weighted by atomic mass is 16.5. The van der Waals surface area contributed by atoms with Crippen molar-refractivity contribution >= 4 is 11.4 Å². The second-order valence-electron chi connectivity index (χ2n) is 6.19. The average Bonchev–Trinajstić information content (AvgIpc) is 2.94. The van der Waals surface area contributed by atoms with Crippen LogP contribution in [0.2, 0.25) is 0 Å². The van der Waals surface area contributed by atoms with E-state index in [0.29, 0.717) is 18.6 Å². The Morgan fingerprint density at radius 1 is 1.43 bits per heavy atom. The van der Waals surface area contributed by atoms with Gasteiger partial charge in [0.25, 0.3) is 0 Å². The van der Waals surface area contributed by atoms with E-state index in [1.165, 1.54) is 19.5 Å². The number of nitrogens with zero attached hydrogens (tertiary/aromatic N) is 1. The molecular weight excluding hydrogens is 262 g/mol. The van der Waals surface area contributed by atoms with Crippen molar-refractivity contribution in [1.82, 2.24) is 4.90 Å². The van der Waals surface area contributed by atoms with Crippen molar-refractivity contribution in [2.24, 2.45) is 5.92 Å². The van der Waals surface area contributed by atoms with Crippen LogP contribution >= 0.6 is 0 Å². The number of nitrogens with two attached hydrogens (primary N) is 1. The van der Waals surface area contributed by atoms with Crippen molar-refractivity contribution in [2.45, 2.75) is 39.7 Å². The lowest BCUT2D eigenvalue weighted by Gasteiger charge is -2.20. The van der Waals surface area contributed by atoms with E-state index in [9.17, 15) is 0 Å². The summed E-state index contributed by atoms with van der Waals surface area (Å²) in [6.45, 7) is 10.7. The summed E-state index contributed by atoms with van der Waals surface area (Å²) in [5.74, 6) is 1.49. The Bertz CT molecular complexity index is 448. The Morgan fingerprint density at radius 3 is 2.90 bits per heavy atom. The van der Waals surface area contributed by atoms with Crippen LogP contribution in [0.5, 0.6) is 5.75 Å². The third-order valence-corrected chi connectivity index (χ3v) is 4.16. The van der Waals surface area contributed by atoms with Crippen molar-refractivity contribution in [3.8, 4) is 5.75 Å². The van der Waals surface area contributed by atoms with E-state index in [2.05, 4.69) is 31.0 Å². The van der Waals surface area contributed by atoms with Gasteiger partial charge in [0.2, 0.25) is 0 Å². The molecular formula is C17H29N3O. The molecule has 1 aromatic rings. The van der Waals surface area contributed by atoms with Gasteiger partial charge in [-0.1, -0.05) is 13.0 Å². The molecule has 4 nitrogen and oxygen atoms in total. The summed E-state index contributed by atoms with van der Waals surface area (Å²) < 4.78 is 5.67. The molecule has 0 bridgehead atoms. The predicted molar refractivity (Wildman–Crippen MR) is 89.9 cm³/mol. The van der Waals surface area contributed by atoms with E-state index in [1.807, 2.05) is 18.2 Å². The number of anilines is 2. The van der Waals surface area contributed by atoms with Gasteiger partial charge in [0.05, 0.1) is 18.0 Å². The molecule has 1 heterocycles. The molecule has 4 heteroatoms. The summed E-state index contributed by atoms with van der Waals surface area (Å²) >= 11 is 0. The molecule has 1 aromatic carbocycles. The number of likely N-dealkylation sites (tertiary alicyclic amines) is 1. The van der Waals surface area contributed by atoms with Crippen LogP contribution < -0.4 is 15.8 Å². The fraction of sp³-hybridized carbons (Fsp3) is 0.647. The molecule has 3 N–H and O–H groups in total. The number of nitrogens with one attached hydrogen (secondary N) is 1. The van der Waals surface area contributed by atoms with E-state index in [-0.39, 0.29) is 0 Å². The molecule has 0 aromatic heterocycles. The molecule has 0 radical (unpaired) electrons. The van der Waals surface area contributed by atoms with Crippen LogP contribution in [0, 0.1) is 5.92 Å². The summed E-state index contributed by atoms with van der Waals surface area (Å²) in [5, 5.41) is 3.50. The fourth-order valence-corrected chi connectivity index (χ4v) is 2.79. The molecule has 1 unspecified atom stereocenters. The van der Waals surface area contributed by atoms with Gasteiger partial charge in [-0.05, 0) is 51.3 Å². The second-order valence-corrected chi connectivity index (χ2v) is 6.19. The molecule has 2 rings (SSSR count). The maximum Gasteiger partial charge on any atom is 0.144 e. The fourth-order valence-electron chi connectivity index (χ4n) is 2.79. The SMILES string of the molecule is CCCOc1cccc(NCC2CCN(C(C)C)C2)c1N. The van der Waals surface area contributed by atoms with Gasteiger partial charge in [-0.25, -0.2) is 0 Å². The lowest BCUT2D eigenvalue weighted by atomic mass is 10.1. The number of para-hydroxylation sites is 1. The average molecular weight is 291 g/mol. The van der Waals surface area contributed by atoms with Gasteiger partial charge in [-0.2, -0.15) is 0 Å². The van der Waals surface area contributed by atoms with Gasteiger partial charge in [0.15, 0.2) is 0 Å². The van der Waals surface area contributed by atoms with Gasteiger partial charge >= 0.3 is 0 Å². The zero-order chi connectivity index (χ0) is 15.2. The molecule has 1 aliphatic rings. The zero-order valence-corrected chi connectivity index (χ0v) is 13.6. The Morgan fingerprint density at radius 2 is 2.24 bits per heavy atom. The molecule has 0 amide bonds. The highest BCUT2D eigenvalue weighted by Gasteiger charge is 2.24. The lowest BCUT2D eigenvalue weighted by molar-refractivity contribution is 0.266. The predicted octanol–water partition coefficient (Wildman–Crippen LogP) is 3.20. The molecule has 118 valence electrons. The highest BCUT2D eigenvalue weighted by Crippen LogP contribution is 2.30. The standard InChI is InChI=1S/C17H29N3O/c1-4-10-21-16-7-5-6-15(17(16)18)19-11-14-8-9-20(12-14)13(2)3/h5-7,13-14,19H,4,8-12,18H2,1-3H3. The van der Waals surface area contributed by atoms with Gasteiger partial charge in [0.1, 0.15) is 5.75 Å². The summed E-state index contributed by atoms with van der Waals surface area (Å²) in [4.78, 5) is 2.54.